The van der Waals surface area contributed by atoms with E-state index in [1.54, 1.807) is 0 Å². The van der Waals surface area contributed by atoms with Crippen molar-refractivity contribution in [2.24, 2.45) is 0 Å². The molecule has 0 spiro atoms. The average Bonchev–Trinajstić information content (AvgIpc) is 2.10. The lowest BCUT2D eigenvalue weighted by molar-refractivity contribution is -0.163. The topological polar surface area (TPSA) is 76.0 Å². The van der Waals surface area contributed by atoms with E-state index in [1.807, 2.05) is 0 Å². The fraction of sp³-hybridized carbons (Fsp3) is 0.875. The first kappa shape index (κ1) is 11.9. The molecule has 0 bridgehead atoms. The van der Waals surface area contributed by atoms with Crippen molar-refractivity contribution in [3.8, 4) is 0 Å². The van der Waals surface area contributed by atoms with Crippen molar-refractivity contribution < 1.29 is 24.5 Å². The maximum atomic E-state index is 10.5. The van der Waals surface area contributed by atoms with E-state index < -0.39 is 17.2 Å². The molecule has 1 rings (SSSR count). The highest BCUT2D eigenvalue weighted by atomic mass is 79.9. The Morgan fingerprint density at radius 2 is 2.29 bits per heavy atom. The largest absolute Gasteiger partial charge is 0.463 e. The Morgan fingerprint density at radius 1 is 1.64 bits per heavy atom. The van der Waals surface area contributed by atoms with Crippen molar-refractivity contribution in [2.45, 2.75) is 36.7 Å². The third-order valence-electron chi connectivity index (χ3n) is 1.96. The van der Waals surface area contributed by atoms with Crippen molar-refractivity contribution in [2.75, 3.05) is 6.61 Å². The van der Waals surface area contributed by atoms with Crippen LogP contribution in [0.4, 0.5) is 0 Å². The molecular weight excluding hydrogens is 256 g/mol. The number of halogens is 1. The summed E-state index contributed by atoms with van der Waals surface area (Å²) in [4.78, 5) is 10.5. The summed E-state index contributed by atoms with van der Waals surface area (Å²) in [5.74, 6) is -0.389. The van der Waals surface area contributed by atoms with E-state index in [1.165, 1.54) is 6.92 Å². The summed E-state index contributed by atoms with van der Waals surface area (Å²) in [5, 5.41) is 18.1. The van der Waals surface area contributed by atoms with E-state index in [0.717, 1.165) is 0 Å². The molecule has 82 valence electrons. The number of alkyl halides is 1. The Balaban J connectivity index is 2.38. The van der Waals surface area contributed by atoms with Gasteiger partial charge in [-0.3, -0.25) is 4.79 Å². The van der Waals surface area contributed by atoms with E-state index in [-0.39, 0.29) is 25.1 Å². The van der Waals surface area contributed by atoms with Gasteiger partial charge in [0.05, 0.1) is 12.2 Å². The lowest BCUT2D eigenvalue weighted by Crippen LogP contribution is -2.46. The highest BCUT2D eigenvalue weighted by Crippen LogP contribution is 2.24. The highest BCUT2D eigenvalue weighted by Gasteiger charge is 2.35. The van der Waals surface area contributed by atoms with Crippen molar-refractivity contribution in [1.29, 1.82) is 0 Å². The van der Waals surface area contributed by atoms with Gasteiger partial charge in [0.15, 0.2) is 0 Å². The minimum atomic E-state index is -0.941. The lowest BCUT2D eigenvalue weighted by Gasteiger charge is -2.33. The predicted molar refractivity (Wildman–Crippen MR) is 50.9 cm³/mol. The van der Waals surface area contributed by atoms with Crippen LogP contribution in [0.1, 0.15) is 13.3 Å². The fourth-order valence-electron chi connectivity index (χ4n) is 1.22. The van der Waals surface area contributed by atoms with Crippen LogP contribution < -0.4 is 0 Å². The molecule has 1 saturated heterocycles. The van der Waals surface area contributed by atoms with Gasteiger partial charge in [-0.25, -0.2) is 0 Å². The number of aliphatic hydroxyl groups is 2. The number of hydrogen-bond acceptors (Lipinski definition) is 5. The standard InChI is InChI=1S/C8H13BrO5/c1-4(10)13-3-5-2-6(11)7(12)8(9)14-5/h5-8,11-12H,2-3H2,1H3/t5-,6-,7+,8-/m0/s1. The molecule has 0 saturated carbocycles. The zero-order chi connectivity index (χ0) is 10.7. The van der Waals surface area contributed by atoms with Gasteiger partial charge in [-0.1, -0.05) is 15.9 Å². The quantitative estimate of drug-likeness (QED) is 0.535. The maximum Gasteiger partial charge on any atom is 0.302 e. The second kappa shape index (κ2) is 5.06. The number of ether oxygens (including phenoxy) is 2. The van der Waals surface area contributed by atoms with Crippen molar-refractivity contribution in [3.63, 3.8) is 0 Å². The molecule has 6 heteroatoms. The molecule has 1 aliphatic rings. The van der Waals surface area contributed by atoms with Crippen LogP contribution in [0.15, 0.2) is 0 Å². The van der Waals surface area contributed by atoms with E-state index >= 15 is 0 Å². The molecule has 2 N–H and O–H groups in total. The van der Waals surface area contributed by atoms with Crippen LogP contribution in [0.3, 0.4) is 0 Å². The maximum absolute atomic E-state index is 10.5. The molecule has 4 atom stereocenters. The molecule has 0 radical (unpaired) electrons. The third kappa shape index (κ3) is 3.20. The van der Waals surface area contributed by atoms with Gasteiger partial charge in [0.2, 0.25) is 0 Å². The molecule has 1 aliphatic heterocycles. The average molecular weight is 269 g/mol. The number of carbonyl (C=O) groups excluding carboxylic acids is 1. The summed E-state index contributed by atoms with van der Waals surface area (Å²) in [5.41, 5.74) is 0. The van der Waals surface area contributed by atoms with E-state index in [4.69, 9.17) is 9.47 Å². The Bertz CT molecular complexity index is 198. The Hall–Kier alpha value is -0.170. The zero-order valence-corrected chi connectivity index (χ0v) is 9.31. The predicted octanol–water partition coefficient (Wildman–Crippen LogP) is -0.219. The van der Waals surface area contributed by atoms with Gasteiger partial charge in [0.1, 0.15) is 17.7 Å². The van der Waals surface area contributed by atoms with Gasteiger partial charge in [-0.2, -0.15) is 0 Å². The van der Waals surface area contributed by atoms with Crippen LogP contribution in [0, 0.1) is 0 Å². The molecule has 1 fully saturated rings. The van der Waals surface area contributed by atoms with Crippen molar-refractivity contribution in [3.05, 3.63) is 0 Å². The summed E-state index contributed by atoms with van der Waals surface area (Å²) < 4.78 is 9.98. The summed E-state index contributed by atoms with van der Waals surface area (Å²) >= 11 is 3.07. The zero-order valence-electron chi connectivity index (χ0n) is 7.72. The molecule has 0 aliphatic carbocycles. The Morgan fingerprint density at radius 3 is 2.79 bits per heavy atom. The molecular formula is C8H13BrO5. The van der Waals surface area contributed by atoms with Crippen LogP contribution in [-0.4, -0.2) is 46.1 Å². The summed E-state index contributed by atoms with van der Waals surface area (Å²) in [6, 6.07) is 0. The first-order valence-electron chi connectivity index (χ1n) is 4.29. The second-order valence-corrected chi connectivity index (χ2v) is 4.11. The summed E-state index contributed by atoms with van der Waals surface area (Å²) in [6.07, 6.45) is -1.91. The lowest BCUT2D eigenvalue weighted by atomic mass is 10.0. The molecule has 14 heavy (non-hydrogen) atoms. The molecule has 0 unspecified atom stereocenters. The van der Waals surface area contributed by atoms with Crippen LogP contribution in [0.25, 0.3) is 0 Å². The summed E-state index contributed by atoms with van der Waals surface area (Å²) in [7, 11) is 0. The second-order valence-electron chi connectivity index (χ2n) is 3.21. The first-order chi connectivity index (χ1) is 6.50. The van der Waals surface area contributed by atoms with E-state index in [2.05, 4.69) is 15.9 Å². The highest BCUT2D eigenvalue weighted by molar-refractivity contribution is 9.09. The number of carbonyl (C=O) groups is 1. The monoisotopic (exact) mass is 268 g/mol. The number of rotatable bonds is 2. The molecule has 5 nitrogen and oxygen atoms in total. The van der Waals surface area contributed by atoms with Gasteiger partial charge in [0, 0.05) is 13.3 Å². The Kier molecular flexibility index (Phi) is 4.31. The fourth-order valence-corrected chi connectivity index (χ4v) is 1.88. The normalized spacial score (nSPS) is 38.0. The minimum absolute atomic E-state index is 0.0984. The van der Waals surface area contributed by atoms with Gasteiger partial charge < -0.3 is 19.7 Å². The van der Waals surface area contributed by atoms with E-state index in [9.17, 15) is 15.0 Å². The smallest absolute Gasteiger partial charge is 0.302 e. The number of aliphatic hydroxyl groups excluding tert-OH is 2. The SMILES string of the molecule is CC(=O)OC[C@@H]1C[C@H](O)[C@@H](O)[C@@H](Br)O1. The molecule has 0 aromatic carbocycles. The number of hydrogen-bond donors (Lipinski definition) is 2. The van der Waals surface area contributed by atoms with Gasteiger partial charge in [0.25, 0.3) is 0 Å². The molecule has 0 aromatic heterocycles. The minimum Gasteiger partial charge on any atom is -0.463 e. The van der Waals surface area contributed by atoms with E-state index in [0.29, 0.717) is 0 Å². The molecule has 0 amide bonds. The first-order valence-corrected chi connectivity index (χ1v) is 5.21. The van der Waals surface area contributed by atoms with Crippen LogP contribution in [0.5, 0.6) is 0 Å². The summed E-state index contributed by atoms with van der Waals surface area (Å²) in [6.45, 7) is 1.40. The molecule has 1 heterocycles. The van der Waals surface area contributed by atoms with Crippen LogP contribution in [-0.2, 0) is 14.3 Å². The van der Waals surface area contributed by atoms with Gasteiger partial charge in [-0.15, -0.1) is 0 Å². The van der Waals surface area contributed by atoms with Gasteiger partial charge in [-0.05, 0) is 0 Å². The van der Waals surface area contributed by atoms with Crippen LogP contribution >= 0.6 is 15.9 Å². The van der Waals surface area contributed by atoms with Gasteiger partial charge >= 0.3 is 5.97 Å². The van der Waals surface area contributed by atoms with Crippen molar-refractivity contribution in [1.82, 2.24) is 0 Å². The van der Waals surface area contributed by atoms with Crippen molar-refractivity contribution >= 4 is 21.9 Å². The number of esters is 1. The van der Waals surface area contributed by atoms with Crippen LogP contribution in [0.2, 0.25) is 0 Å². The Labute approximate surface area is 90.1 Å². The molecule has 0 aromatic rings. The third-order valence-corrected chi connectivity index (χ3v) is 2.72.